The minimum atomic E-state index is -0.216. The first-order chi connectivity index (χ1) is 8.66. The second-order valence-corrected chi connectivity index (χ2v) is 4.59. The maximum atomic E-state index is 12.9. The first-order valence-corrected chi connectivity index (χ1v) is 6.16. The number of benzene rings is 1. The lowest BCUT2D eigenvalue weighted by atomic mass is 10.1. The number of nitrogens with zero attached hydrogens (tertiary/aromatic N) is 2. The smallest absolute Gasteiger partial charge is 0.123 e. The van der Waals surface area contributed by atoms with Gasteiger partial charge in [0.1, 0.15) is 5.82 Å². The molecule has 1 heterocycles. The third-order valence-electron chi connectivity index (χ3n) is 2.76. The summed E-state index contributed by atoms with van der Waals surface area (Å²) in [7, 11) is 0. The molecule has 1 aromatic carbocycles. The van der Waals surface area contributed by atoms with Gasteiger partial charge < -0.3 is 9.88 Å². The van der Waals surface area contributed by atoms with E-state index >= 15 is 0 Å². The average molecular weight is 247 g/mol. The Labute approximate surface area is 107 Å². The van der Waals surface area contributed by atoms with Crippen LogP contribution in [0.4, 0.5) is 4.39 Å². The summed E-state index contributed by atoms with van der Waals surface area (Å²) in [5.74, 6) is -0.216. The van der Waals surface area contributed by atoms with Crippen LogP contribution in [0.5, 0.6) is 0 Å². The number of imidazole rings is 1. The summed E-state index contributed by atoms with van der Waals surface area (Å²) in [6.45, 7) is 5.98. The molecular formula is C14H18FN3. The fraction of sp³-hybridized carbons (Fsp3) is 0.357. The Morgan fingerprint density at radius 3 is 2.67 bits per heavy atom. The molecule has 1 aromatic heterocycles. The molecule has 0 radical (unpaired) electrons. The Kier molecular flexibility index (Phi) is 4.10. The highest BCUT2D eigenvalue weighted by atomic mass is 19.1. The van der Waals surface area contributed by atoms with Crippen LogP contribution >= 0.6 is 0 Å². The second kappa shape index (κ2) is 5.78. The third kappa shape index (κ3) is 3.17. The van der Waals surface area contributed by atoms with Crippen molar-refractivity contribution in [3.05, 3.63) is 42.6 Å². The largest absolute Gasteiger partial charge is 0.329 e. The average Bonchev–Trinajstić information content (AvgIpc) is 2.78. The van der Waals surface area contributed by atoms with Crippen molar-refractivity contribution in [1.29, 1.82) is 0 Å². The van der Waals surface area contributed by atoms with Gasteiger partial charge in [0, 0.05) is 19.1 Å². The minimum absolute atomic E-state index is 0.216. The summed E-state index contributed by atoms with van der Waals surface area (Å²) in [4.78, 5) is 4.16. The molecule has 96 valence electrons. The van der Waals surface area contributed by atoms with Gasteiger partial charge in [-0.3, -0.25) is 0 Å². The molecule has 2 aromatic rings. The van der Waals surface area contributed by atoms with Crippen molar-refractivity contribution in [1.82, 2.24) is 14.9 Å². The monoisotopic (exact) mass is 247 g/mol. The molecular weight excluding hydrogens is 229 g/mol. The second-order valence-electron chi connectivity index (χ2n) is 4.59. The summed E-state index contributed by atoms with van der Waals surface area (Å²) in [6, 6.07) is 6.97. The summed E-state index contributed by atoms with van der Waals surface area (Å²) in [5, 5.41) is 3.36. The van der Waals surface area contributed by atoms with Crippen molar-refractivity contribution >= 4 is 0 Å². The predicted octanol–water partition coefficient (Wildman–Crippen LogP) is 2.69. The van der Waals surface area contributed by atoms with Gasteiger partial charge in [0.2, 0.25) is 0 Å². The molecule has 2 rings (SSSR count). The Morgan fingerprint density at radius 1 is 1.28 bits per heavy atom. The lowest BCUT2D eigenvalue weighted by Crippen LogP contribution is -2.26. The summed E-state index contributed by atoms with van der Waals surface area (Å²) in [5.41, 5.74) is 2.00. The summed E-state index contributed by atoms with van der Waals surface area (Å²) in [6.07, 6.45) is 3.61. The van der Waals surface area contributed by atoms with E-state index in [1.807, 2.05) is 6.20 Å². The van der Waals surface area contributed by atoms with Crippen molar-refractivity contribution in [3.8, 4) is 11.3 Å². The minimum Gasteiger partial charge on any atom is -0.329 e. The highest BCUT2D eigenvalue weighted by Crippen LogP contribution is 2.18. The summed E-state index contributed by atoms with van der Waals surface area (Å²) >= 11 is 0. The number of rotatable bonds is 5. The molecule has 0 unspecified atom stereocenters. The van der Waals surface area contributed by atoms with Gasteiger partial charge in [0.25, 0.3) is 0 Å². The molecule has 0 fully saturated rings. The maximum Gasteiger partial charge on any atom is 0.123 e. The SMILES string of the molecule is CC(C)NCCn1cncc1-c1ccc(F)cc1. The molecule has 0 saturated heterocycles. The van der Waals surface area contributed by atoms with Crippen LogP contribution in [0.3, 0.4) is 0 Å². The van der Waals surface area contributed by atoms with E-state index in [-0.39, 0.29) is 5.82 Å². The normalized spacial score (nSPS) is 11.1. The topological polar surface area (TPSA) is 29.9 Å². The fourth-order valence-corrected chi connectivity index (χ4v) is 1.83. The highest BCUT2D eigenvalue weighted by Gasteiger charge is 2.05. The van der Waals surface area contributed by atoms with Crippen molar-refractivity contribution in [2.24, 2.45) is 0 Å². The number of hydrogen-bond donors (Lipinski definition) is 1. The third-order valence-corrected chi connectivity index (χ3v) is 2.76. The number of aromatic nitrogens is 2. The van der Waals surface area contributed by atoms with Crippen molar-refractivity contribution in [2.45, 2.75) is 26.4 Å². The number of hydrogen-bond acceptors (Lipinski definition) is 2. The van der Waals surface area contributed by atoms with Gasteiger partial charge in [-0.1, -0.05) is 13.8 Å². The lowest BCUT2D eigenvalue weighted by Gasteiger charge is -2.11. The van der Waals surface area contributed by atoms with Crippen molar-refractivity contribution < 1.29 is 4.39 Å². The molecule has 18 heavy (non-hydrogen) atoms. The van der Waals surface area contributed by atoms with E-state index in [2.05, 4.69) is 28.7 Å². The maximum absolute atomic E-state index is 12.9. The van der Waals surface area contributed by atoms with Crippen LogP contribution in [0.1, 0.15) is 13.8 Å². The van der Waals surface area contributed by atoms with E-state index in [0.717, 1.165) is 24.3 Å². The molecule has 0 saturated carbocycles. The first-order valence-electron chi connectivity index (χ1n) is 6.16. The van der Waals surface area contributed by atoms with Gasteiger partial charge in [-0.05, 0) is 29.8 Å². The van der Waals surface area contributed by atoms with E-state index in [9.17, 15) is 4.39 Å². The lowest BCUT2D eigenvalue weighted by molar-refractivity contribution is 0.543. The Morgan fingerprint density at radius 2 is 2.00 bits per heavy atom. The van der Waals surface area contributed by atoms with Crippen LogP contribution in [0.2, 0.25) is 0 Å². The zero-order valence-corrected chi connectivity index (χ0v) is 10.7. The van der Waals surface area contributed by atoms with E-state index < -0.39 is 0 Å². The molecule has 1 N–H and O–H groups in total. The van der Waals surface area contributed by atoms with Gasteiger partial charge in [-0.25, -0.2) is 9.37 Å². The molecule has 4 heteroatoms. The Bertz CT molecular complexity index is 488. The van der Waals surface area contributed by atoms with Crippen LogP contribution in [0.15, 0.2) is 36.8 Å². The van der Waals surface area contributed by atoms with Gasteiger partial charge in [-0.2, -0.15) is 0 Å². The molecule has 0 atom stereocenters. The van der Waals surface area contributed by atoms with E-state index in [4.69, 9.17) is 0 Å². The zero-order chi connectivity index (χ0) is 13.0. The fourth-order valence-electron chi connectivity index (χ4n) is 1.83. The van der Waals surface area contributed by atoms with E-state index in [1.165, 1.54) is 12.1 Å². The number of halogens is 1. The molecule has 3 nitrogen and oxygen atoms in total. The van der Waals surface area contributed by atoms with Crippen molar-refractivity contribution in [2.75, 3.05) is 6.54 Å². The predicted molar refractivity (Wildman–Crippen MR) is 70.8 cm³/mol. The van der Waals surface area contributed by atoms with Gasteiger partial charge in [0.05, 0.1) is 18.2 Å². The van der Waals surface area contributed by atoms with Gasteiger partial charge >= 0.3 is 0 Å². The van der Waals surface area contributed by atoms with E-state index in [0.29, 0.717) is 6.04 Å². The molecule has 0 bridgehead atoms. The first kappa shape index (κ1) is 12.8. The van der Waals surface area contributed by atoms with E-state index in [1.54, 1.807) is 18.5 Å². The van der Waals surface area contributed by atoms with Crippen LogP contribution in [0.25, 0.3) is 11.3 Å². The van der Waals surface area contributed by atoms with Crippen LogP contribution in [0, 0.1) is 5.82 Å². The number of nitrogens with one attached hydrogen (secondary N) is 1. The molecule has 0 amide bonds. The van der Waals surface area contributed by atoms with Crippen molar-refractivity contribution in [3.63, 3.8) is 0 Å². The van der Waals surface area contributed by atoms with Crippen LogP contribution in [-0.2, 0) is 6.54 Å². The van der Waals surface area contributed by atoms with Crippen LogP contribution in [-0.4, -0.2) is 22.1 Å². The van der Waals surface area contributed by atoms with Crippen LogP contribution < -0.4 is 5.32 Å². The standard InChI is InChI=1S/C14H18FN3/c1-11(2)17-7-8-18-10-16-9-14(18)12-3-5-13(15)6-4-12/h3-6,9-11,17H,7-8H2,1-2H3. The summed E-state index contributed by atoms with van der Waals surface area (Å²) < 4.78 is 15.0. The highest BCUT2D eigenvalue weighted by molar-refractivity contribution is 5.58. The Hall–Kier alpha value is -1.68. The Balaban J connectivity index is 2.10. The molecule has 0 spiro atoms. The molecule has 0 aliphatic rings. The quantitative estimate of drug-likeness (QED) is 0.880. The van der Waals surface area contributed by atoms with Gasteiger partial charge in [-0.15, -0.1) is 0 Å². The van der Waals surface area contributed by atoms with Gasteiger partial charge in [0.15, 0.2) is 0 Å². The zero-order valence-electron chi connectivity index (χ0n) is 10.7. The molecule has 0 aliphatic carbocycles. The molecule has 0 aliphatic heterocycles.